The third-order valence-electron chi connectivity index (χ3n) is 3.15. The molecule has 1 atom stereocenters. The molecule has 0 bridgehead atoms. The number of rotatable bonds is 5. The molecule has 1 aliphatic rings. The molecule has 2 heteroatoms. The first kappa shape index (κ1) is 10.6. The van der Waals surface area contributed by atoms with E-state index in [1.165, 1.54) is 12.8 Å². The molecule has 0 aliphatic heterocycles. The Bertz CT molecular complexity index is 318. The summed E-state index contributed by atoms with van der Waals surface area (Å²) < 4.78 is 0. The number of hydrogen-bond acceptors (Lipinski definition) is 2. The molecule has 1 unspecified atom stereocenters. The van der Waals surface area contributed by atoms with Crippen molar-refractivity contribution in [2.24, 2.45) is 11.8 Å². The van der Waals surface area contributed by atoms with Gasteiger partial charge in [-0.2, -0.15) is 0 Å². The third kappa shape index (κ3) is 3.31. The van der Waals surface area contributed by atoms with Crippen LogP contribution >= 0.6 is 0 Å². The molecule has 1 aliphatic carbocycles. The van der Waals surface area contributed by atoms with E-state index in [1.807, 2.05) is 13.0 Å². The lowest BCUT2D eigenvalue weighted by atomic mass is 10.1. The molecule has 1 heterocycles. The van der Waals surface area contributed by atoms with Crippen LogP contribution in [-0.2, 0) is 6.54 Å². The van der Waals surface area contributed by atoms with Crippen LogP contribution in [0.15, 0.2) is 18.2 Å². The molecular formula is C13H20N2. The van der Waals surface area contributed by atoms with Crippen LogP contribution in [-0.4, -0.2) is 11.5 Å². The van der Waals surface area contributed by atoms with Gasteiger partial charge in [0, 0.05) is 12.2 Å². The van der Waals surface area contributed by atoms with Crippen molar-refractivity contribution in [1.82, 2.24) is 10.3 Å². The highest BCUT2D eigenvalue weighted by Crippen LogP contribution is 2.36. The Morgan fingerprint density at radius 1 is 1.47 bits per heavy atom. The maximum atomic E-state index is 4.47. The number of nitrogens with zero attached hydrogens (tertiary/aromatic N) is 1. The Balaban J connectivity index is 1.73. The van der Waals surface area contributed by atoms with Gasteiger partial charge in [0.25, 0.3) is 0 Å². The van der Waals surface area contributed by atoms with Crippen LogP contribution < -0.4 is 5.32 Å². The molecule has 2 rings (SSSR count). The summed E-state index contributed by atoms with van der Waals surface area (Å²) in [6, 6.07) is 6.20. The summed E-state index contributed by atoms with van der Waals surface area (Å²) in [6.45, 7) is 6.41. The Labute approximate surface area is 92.1 Å². The van der Waals surface area contributed by atoms with Gasteiger partial charge in [-0.25, -0.2) is 0 Å². The highest BCUT2D eigenvalue weighted by Gasteiger charge is 2.27. The van der Waals surface area contributed by atoms with Crippen LogP contribution in [0.5, 0.6) is 0 Å². The lowest BCUT2D eigenvalue weighted by Crippen LogP contribution is -2.22. The van der Waals surface area contributed by atoms with Gasteiger partial charge >= 0.3 is 0 Å². The van der Waals surface area contributed by atoms with Crippen molar-refractivity contribution >= 4 is 0 Å². The van der Waals surface area contributed by atoms with Gasteiger partial charge in [-0.15, -0.1) is 0 Å². The van der Waals surface area contributed by atoms with Gasteiger partial charge in [0.1, 0.15) is 0 Å². The molecule has 1 fully saturated rings. The highest BCUT2D eigenvalue weighted by atomic mass is 14.9. The van der Waals surface area contributed by atoms with E-state index in [-0.39, 0.29) is 0 Å². The molecular weight excluding hydrogens is 184 g/mol. The summed E-state index contributed by atoms with van der Waals surface area (Å²) in [5.74, 6) is 1.82. The van der Waals surface area contributed by atoms with Crippen molar-refractivity contribution < 1.29 is 0 Å². The van der Waals surface area contributed by atoms with Gasteiger partial charge < -0.3 is 5.32 Å². The minimum absolute atomic E-state index is 0.829. The van der Waals surface area contributed by atoms with Gasteiger partial charge in [-0.1, -0.05) is 13.0 Å². The molecule has 1 saturated carbocycles. The molecule has 82 valence electrons. The zero-order chi connectivity index (χ0) is 10.7. The molecule has 0 spiro atoms. The van der Waals surface area contributed by atoms with E-state index in [0.29, 0.717) is 0 Å². The highest BCUT2D eigenvalue weighted by molar-refractivity contribution is 5.09. The van der Waals surface area contributed by atoms with Crippen LogP contribution in [0.3, 0.4) is 0 Å². The molecule has 15 heavy (non-hydrogen) atoms. The average Bonchev–Trinajstić information content (AvgIpc) is 3.00. The second kappa shape index (κ2) is 4.75. The zero-order valence-corrected chi connectivity index (χ0v) is 9.66. The van der Waals surface area contributed by atoms with E-state index in [2.05, 4.69) is 29.4 Å². The van der Waals surface area contributed by atoms with Crippen molar-refractivity contribution in [2.45, 2.75) is 33.2 Å². The van der Waals surface area contributed by atoms with Gasteiger partial charge in [-0.3, -0.25) is 4.98 Å². The van der Waals surface area contributed by atoms with Crippen LogP contribution in [0.1, 0.15) is 31.2 Å². The summed E-state index contributed by atoms with van der Waals surface area (Å²) in [5.41, 5.74) is 2.25. The number of hydrogen-bond donors (Lipinski definition) is 1. The first-order chi connectivity index (χ1) is 7.25. The number of nitrogens with one attached hydrogen (secondary N) is 1. The average molecular weight is 204 g/mol. The second-order valence-corrected chi connectivity index (χ2v) is 4.72. The smallest absolute Gasteiger partial charge is 0.0544 e. The van der Waals surface area contributed by atoms with Crippen LogP contribution in [0.2, 0.25) is 0 Å². The zero-order valence-electron chi connectivity index (χ0n) is 9.66. The second-order valence-electron chi connectivity index (χ2n) is 4.72. The standard InChI is InChI=1S/C13H20N2/c1-10(12-6-7-12)8-14-9-13-5-3-4-11(2)15-13/h3-5,10,12,14H,6-9H2,1-2H3. The quantitative estimate of drug-likeness (QED) is 0.797. The van der Waals surface area contributed by atoms with Crippen LogP contribution in [0, 0.1) is 18.8 Å². The Morgan fingerprint density at radius 2 is 2.27 bits per heavy atom. The minimum Gasteiger partial charge on any atom is -0.311 e. The predicted molar refractivity (Wildman–Crippen MR) is 62.6 cm³/mol. The lowest BCUT2D eigenvalue weighted by molar-refractivity contribution is 0.460. The van der Waals surface area contributed by atoms with Crippen molar-refractivity contribution in [3.8, 4) is 0 Å². The summed E-state index contributed by atoms with van der Waals surface area (Å²) in [4.78, 5) is 4.47. The summed E-state index contributed by atoms with van der Waals surface area (Å²) >= 11 is 0. The molecule has 1 N–H and O–H groups in total. The van der Waals surface area contributed by atoms with E-state index in [9.17, 15) is 0 Å². The van der Waals surface area contributed by atoms with Crippen molar-refractivity contribution in [3.05, 3.63) is 29.6 Å². The first-order valence-corrected chi connectivity index (χ1v) is 5.89. The fourth-order valence-corrected chi connectivity index (χ4v) is 1.96. The molecule has 0 radical (unpaired) electrons. The molecule has 2 nitrogen and oxygen atoms in total. The largest absolute Gasteiger partial charge is 0.311 e. The van der Waals surface area contributed by atoms with E-state index in [0.717, 1.165) is 36.3 Å². The number of pyridine rings is 1. The Morgan fingerprint density at radius 3 is 2.93 bits per heavy atom. The molecule has 0 aromatic carbocycles. The SMILES string of the molecule is Cc1cccc(CNCC(C)C2CC2)n1. The first-order valence-electron chi connectivity index (χ1n) is 5.89. The van der Waals surface area contributed by atoms with E-state index < -0.39 is 0 Å². The fraction of sp³-hybridized carbons (Fsp3) is 0.615. The summed E-state index contributed by atoms with van der Waals surface area (Å²) in [6.07, 6.45) is 2.87. The number of aromatic nitrogens is 1. The van der Waals surface area contributed by atoms with E-state index >= 15 is 0 Å². The van der Waals surface area contributed by atoms with Gasteiger partial charge in [0.2, 0.25) is 0 Å². The van der Waals surface area contributed by atoms with Crippen molar-refractivity contribution in [1.29, 1.82) is 0 Å². The molecule has 1 aromatic rings. The Hall–Kier alpha value is -0.890. The maximum Gasteiger partial charge on any atom is 0.0544 e. The number of aryl methyl sites for hydroxylation is 1. The lowest BCUT2D eigenvalue weighted by Gasteiger charge is -2.11. The predicted octanol–water partition coefficient (Wildman–Crippen LogP) is 2.53. The molecule has 0 amide bonds. The van der Waals surface area contributed by atoms with Crippen molar-refractivity contribution in [3.63, 3.8) is 0 Å². The van der Waals surface area contributed by atoms with E-state index in [4.69, 9.17) is 0 Å². The summed E-state index contributed by atoms with van der Waals surface area (Å²) in [7, 11) is 0. The van der Waals surface area contributed by atoms with Gasteiger partial charge in [0.15, 0.2) is 0 Å². The monoisotopic (exact) mass is 204 g/mol. The fourth-order valence-electron chi connectivity index (χ4n) is 1.96. The Kier molecular flexibility index (Phi) is 3.37. The third-order valence-corrected chi connectivity index (χ3v) is 3.15. The summed E-state index contributed by atoms with van der Waals surface area (Å²) in [5, 5.41) is 3.49. The van der Waals surface area contributed by atoms with Gasteiger partial charge in [0.05, 0.1) is 5.69 Å². The van der Waals surface area contributed by atoms with Gasteiger partial charge in [-0.05, 0) is 50.3 Å². The molecule has 0 saturated heterocycles. The topological polar surface area (TPSA) is 24.9 Å². The van der Waals surface area contributed by atoms with Crippen molar-refractivity contribution in [2.75, 3.05) is 6.54 Å². The van der Waals surface area contributed by atoms with Crippen LogP contribution in [0.4, 0.5) is 0 Å². The molecule has 1 aromatic heterocycles. The van der Waals surface area contributed by atoms with E-state index in [1.54, 1.807) is 0 Å². The maximum absolute atomic E-state index is 4.47. The normalized spacial score (nSPS) is 17.7. The minimum atomic E-state index is 0.829. The van der Waals surface area contributed by atoms with Crippen LogP contribution in [0.25, 0.3) is 0 Å².